The monoisotopic (exact) mass is 294 g/mol. The van der Waals surface area contributed by atoms with Crippen LogP contribution in [0.5, 0.6) is 0 Å². The Morgan fingerprint density at radius 1 is 1.09 bits per heavy atom. The molecule has 0 aliphatic carbocycles. The molecule has 2 aliphatic rings. The summed E-state index contributed by atoms with van der Waals surface area (Å²) in [4.78, 5) is 31.0. The Morgan fingerprint density at radius 3 is 2.68 bits per heavy atom. The maximum atomic E-state index is 12.3. The van der Waals surface area contributed by atoms with Crippen molar-refractivity contribution in [2.24, 2.45) is 19.1 Å². The van der Waals surface area contributed by atoms with Gasteiger partial charge in [-0.05, 0) is 11.6 Å². The van der Waals surface area contributed by atoms with Gasteiger partial charge < -0.3 is 4.90 Å². The van der Waals surface area contributed by atoms with E-state index in [4.69, 9.17) is 0 Å². The highest BCUT2D eigenvalue weighted by Gasteiger charge is 2.27. The van der Waals surface area contributed by atoms with Gasteiger partial charge in [0.25, 0.3) is 5.56 Å². The molecule has 0 atom stereocenters. The first-order chi connectivity index (χ1) is 10.6. The average molecular weight is 294 g/mol. The lowest BCUT2D eigenvalue weighted by atomic mass is 10.0. The molecular weight excluding hydrogens is 280 g/mol. The third kappa shape index (κ3) is 1.57. The van der Waals surface area contributed by atoms with E-state index in [0.717, 1.165) is 21.5 Å². The number of aromatic nitrogens is 2. The first-order valence-corrected chi connectivity index (χ1v) is 7.00. The van der Waals surface area contributed by atoms with Gasteiger partial charge in [-0.3, -0.25) is 13.9 Å². The van der Waals surface area contributed by atoms with E-state index in [1.807, 2.05) is 41.4 Å². The van der Waals surface area contributed by atoms with Gasteiger partial charge in [-0.1, -0.05) is 24.3 Å². The summed E-state index contributed by atoms with van der Waals surface area (Å²) in [5, 5.41) is 0. The molecule has 1 aromatic carbocycles. The van der Waals surface area contributed by atoms with E-state index in [-0.39, 0.29) is 11.2 Å². The Kier molecular flexibility index (Phi) is 2.51. The zero-order valence-electron chi connectivity index (χ0n) is 12.3. The highest BCUT2D eigenvalue weighted by atomic mass is 16.2. The van der Waals surface area contributed by atoms with Crippen LogP contribution in [0.4, 0.5) is 5.82 Å². The number of benzene rings is 1. The molecule has 2 aliphatic heterocycles. The topological polar surface area (TPSA) is 59.6 Å². The first kappa shape index (κ1) is 12.8. The Morgan fingerprint density at radius 2 is 1.86 bits per heavy atom. The van der Waals surface area contributed by atoms with Crippen LogP contribution in [0.3, 0.4) is 0 Å². The zero-order valence-corrected chi connectivity index (χ0v) is 12.3. The van der Waals surface area contributed by atoms with Crippen molar-refractivity contribution < 1.29 is 0 Å². The lowest BCUT2D eigenvalue weighted by Gasteiger charge is -2.31. The summed E-state index contributed by atoms with van der Waals surface area (Å²) in [7, 11) is 3.14. The van der Waals surface area contributed by atoms with Gasteiger partial charge in [0, 0.05) is 25.9 Å². The van der Waals surface area contributed by atoms with Gasteiger partial charge >= 0.3 is 5.69 Å². The highest BCUT2D eigenvalue weighted by molar-refractivity contribution is 6.06. The molecule has 0 bridgehead atoms. The summed E-state index contributed by atoms with van der Waals surface area (Å²) in [6.07, 6.45) is 3.93. The molecule has 0 radical (unpaired) electrons. The summed E-state index contributed by atoms with van der Waals surface area (Å²) in [6.45, 7) is 0.416. The number of aliphatic imine (C=N–C) groups is 1. The molecule has 0 amide bonds. The van der Waals surface area contributed by atoms with Crippen LogP contribution in [-0.2, 0) is 20.6 Å². The number of rotatable bonds is 0. The zero-order chi connectivity index (χ0) is 15.4. The first-order valence-electron chi connectivity index (χ1n) is 7.00. The summed E-state index contributed by atoms with van der Waals surface area (Å²) in [5.41, 5.74) is 1.98. The predicted molar refractivity (Wildman–Crippen MR) is 84.1 cm³/mol. The smallest absolute Gasteiger partial charge is 0.328 e. The van der Waals surface area contributed by atoms with Gasteiger partial charge in [0.05, 0.1) is 12.1 Å². The van der Waals surface area contributed by atoms with Gasteiger partial charge in [-0.15, -0.1) is 0 Å². The maximum absolute atomic E-state index is 12.3. The van der Waals surface area contributed by atoms with Crippen molar-refractivity contribution in [3.63, 3.8) is 0 Å². The summed E-state index contributed by atoms with van der Waals surface area (Å²) < 4.78 is 2.56. The van der Waals surface area contributed by atoms with E-state index in [0.29, 0.717) is 17.9 Å². The van der Waals surface area contributed by atoms with Crippen molar-refractivity contribution in [3.05, 3.63) is 68.0 Å². The standard InChI is InChI=1S/C16H14N4O2/c1-18-13-12(15(21)19(2)16(18)22)9-20-8-7-10-5-3-4-6-11(10)14(20)17-13/h3-8H,9H2,1-2H3. The third-order valence-corrected chi connectivity index (χ3v) is 4.17. The summed E-state index contributed by atoms with van der Waals surface area (Å²) >= 11 is 0. The molecule has 110 valence electrons. The molecule has 0 spiro atoms. The number of hydrogen-bond acceptors (Lipinski definition) is 4. The van der Waals surface area contributed by atoms with E-state index in [1.165, 1.54) is 11.6 Å². The van der Waals surface area contributed by atoms with Gasteiger partial charge in [-0.25, -0.2) is 9.79 Å². The van der Waals surface area contributed by atoms with Crippen LogP contribution >= 0.6 is 0 Å². The van der Waals surface area contributed by atoms with Crippen molar-refractivity contribution in [1.29, 1.82) is 0 Å². The Labute approximate surface area is 126 Å². The summed E-state index contributed by atoms with van der Waals surface area (Å²) in [6, 6.07) is 7.94. The fourth-order valence-electron chi connectivity index (χ4n) is 2.95. The van der Waals surface area contributed by atoms with Gasteiger partial charge in [0.2, 0.25) is 0 Å². The quantitative estimate of drug-likeness (QED) is 0.727. The van der Waals surface area contributed by atoms with E-state index in [1.54, 1.807) is 7.05 Å². The molecular formula is C16H14N4O2. The summed E-state index contributed by atoms with van der Waals surface area (Å²) in [5.74, 6) is 1.22. The van der Waals surface area contributed by atoms with Crippen molar-refractivity contribution in [2.75, 3.05) is 0 Å². The van der Waals surface area contributed by atoms with Gasteiger partial charge in [0.1, 0.15) is 11.7 Å². The van der Waals surface area contributed by atoms with Crippen molar-refractivity contribution in [3.8, 4) is 0 Å². The highest BCUT2D eigenvalue weighted by Crippen LogP contribution is 2.29. The van der Waals surface area contributed by atoms with E-state index in [2.05, 4.69) is 4.99 Å². The SMILES string of the molecule is Cn1c2c(c(=O)n(C)c1=O)CN1C=Cc3ccccc3C1=N2. The van der Waals surface area contributed by atoms with E-state index >= 15 is 0 Å². The van der Waals surface area contributed by atoms with Crippen molar-refractivity contribution in [2.45, 2.75) is 6.54 Å². The number of fused-ring (bicyclic) bond motifs is 4. The molecule has 6 nitrogen and oxygen atoms in total. The van der Waals surface area contributed by atoms with Crippen LogP contribution in [0.1, 0.15) is 16.7 Å². The molecule has 1 aromatic heterocycles. The molecule has 6 heteroatoms. The fourth-order valence-corrected chi connectivity index (χ4v) is 2.95. The normalized spacial score (nSPS) is 15.0. The second kappa shape index (κ2) is 4.30. The molecule has 2 aromatic rings. The predicted octanol–water partition coefficient (Wildman–Crippen LogP) is 0.962. The van der Waals surface area contributed by atoms with Crippen LogP contribution in [0.25, 0.3) is 6.08 Å². The van der Waals surface area contributed by atoms with Crippen molar-refractivity contribution >= 4 is 17.7 Å². The molecule has 0 N–H and O–H groups in total. The molecule has 0 saturated heterocycles. The fraction of sp³-hybridized carbons (Fsp3) is 0.188. The number of amidine groups is 1. The molecule has 3 heterocycles. The van der Waals surface area contributed by atoms with Crippen LogP contribution in [0.2, 0.25) is 0 Å². The van der Waals surface area contributed by atoms with Crippen LogP contribution in [0.15, 0.2) is 45.0 Å². The van der Waals surface area contributed by atoms with Crippen molar-refractivity contribution in [1.82, 2.24) is 14.0 Å². The number of nitrogens with zero attached hydrogens (tertiary/aromatic N) is 4. The lowest BCUT2D eigenvalue weighted by molar-refractivity contribution is 0.521. The average Bonchev–Trinajstić information content (AvgIpc) is 2.56. The molecule has 0 unspecified atom stereocenters. The number of hydrogen-bond donors (Lipinski definition) is 0. The molecule has 0 saturated carbocycles. The molecule has 22 heavy (non-hydrogen) atoms. The van der Waals surface area contributed by atoms with Crippen LogP contribution in [-0.4, -0.2) is 19.9 Å². The van der Waals surface area contributed by atoms with Crippen LogP contribution < -0.4 is 11.2 Å². The maximum Gasteiger partial charge on any atom is 0.332 e. The Bertz CT molecular complexity index is 979. The van der Waals surface area contributed by atoms with E-state index < -0.39 is 0 Å². The minimum atomic E-state index is -0.360. The Balaban J connectivity index is 2.04. The largest absolute Gasteiger partial charge is 0.332 e. The minimum absolute atomic E-state index is 0.284. The minimum Gasteiger partial charge on any atom is -0.328 e. The molecule has 4 rings (SSSR count). The Hall–Kier alpha value is -2.89. The third-order valence-electron chi connectivity index (χ3n) is 4.17. The second-order valence-electron chi connectivity index (χ2n) is 5.47. The lowest BCUT2D eigenvalue weighted by Crippen LogP contribution is -2.43. The van der Waals surface area contributed by atoms with Gasteiger partial charge in [0.15, 0.2) is 0 Å². The van der Waals surface area contributed by atoms with E-state index in [9.17, 15) is 9.59 Å². The van der Waals surface area contributed by atoms with Gasteiger partial charge in [-0.2, -0.15) is 0 Å². The van der Waals surface area contributed by atoms with Crippen LogP contribution in [0, 0.1) is 0 Å². The molecule has 0 fully saturated rings. The second-order valence-corrected chi connectivity index (χ2v) is 5.47.